The third-order valence-electron chi connectivity index (χ3n) is 17.5. The number of carboxylic acid groups (broad SMARTS) is 2. The Morgan fingerprint density at radius 3 is 1.85 bits per heavy atom. The number of nitrogens with one attached hydrogen (secondary N) is 12. The van der Waals surface area contributed by atoms with Gasteiger partial charge in [0.2, 0.25) is 70.9 Å². The molecular formula is C66H103N17O16S. The van der Waals surface area contributed by atoms with Crippen molar-refractivity contribution < 1.29 is 77.3 Å². The number of carbonyl (C=O) groups excluding carboxylic acids is 12. The molecule has 2 aliphatic heterocycles. The fourth-order valence-corrected chi connectivity index (χ4v) is 12.0. The maximum Gasteiger partial charge on any atom is 0.305 e. The lowest BCUT2D eigenvalue weighted by Gasteiger charge is -2.30. The minimum atomic E-state index is -1.94. The van der Waals surface area contributed by atoms with Crippen LogP contribution in [0.5, 0.6) is 0 Å². The minimum absolute atomic E-state index is 0.00169. The summed E-state index contributed by atoms with van der Waals surface area (Å²) in [5.74, 6) is -15.6. The molecule has 100 heavy (non-hydrogen) atoms. The van der Waals surface area contributed by atoms with Crippen molar-refractivity contribution in [1.29, 1.82) is 0 Å². The van der Waals surface area contributed by atoms with E-state index >= 15 is 0 Å². The lowest BCUT2D eigenvalue weighted by molar-refractivity contribution is -0.142. The number of benzene rings is 1. The zero-order valence-corrected chi connectivity index (χ0v) is 59.0. The number of nitrogens with two attached hydrogens (primary N) is 3. The van der Waals surface area contributed by atoms with Crippen LogP contribution in [0, 0.1) is 23.7 Å². The number of thioether (sulfide) groups is 1. The summed E-state index contributed by atoms with van der Waals surface area (Å²) in [6, 6.07) is -7.45. The van der Waals surface area contributed by atoms with Crippen molar-refractivity contribution in [3.05, 3.63) is 54.1 Å². The van der Waals surface area contributed by atoms with Crippen molar-refractivity contribution in [2.24, 2.45) is 45.9 Å². The Balaban J connectivity index is 1.76. The molecule has 554 valence electrons. The molecule has 1 fully saturated rings. The number of rotatable bonds is 31. The summed E-state index contributed by atoms with van der Waals surface area (Å²) >= 11 is 1.20. The van der Waals surface area contributed by atoms with E-state index in [1.54, 1.807) is 58.0 Å². The van der Waals surface area contributed by atoms with E-state index in [-0.39, 0.29) is 95.7 Å². The molecule has 0 saturated carbocycles. The molecule has 3 heterocycles. The number of aromatic amines is 1. The van der Waals surface area contributed by atoms with Gasteiger partial charge in [-0.2, -0.15) is 0 Å². The lowest BCUT2D eigenvalue weighted by Crippen LogP contribution is -2.62. The standard InChI is InChI=1S/C66H103N17O16S/c1-9-35(6)52(69)66-72-32-48(100-66)63(97)80-43(26-34(4)5)59(93)75-42(22-23-50(85)86)58(92)83-53(36(7)10-2)64(98)76-40-20-15-16-25-71-55(89)46(29-49(68)84)78-62(96)47(30-51(87)88)79-61(95)45(28-39-31-70-33-73-39)77-60(94)44(27-38-18-13-12-14-19-38)81-65(99)54(37(8)11-3)82-57(91)41(21-17-24-67)74-56(40)90/h12-14,18-19,31,33-37,40-48,52-54H,9-11,15-17,20-30,32,67,69H2,1-8H3,(H2,68,84)(H,70,73)(H,71,89)(H,74,90)(H,75,93)(H,76,98)(H,77,94)(H,78,96)(H,79,95)(H,80,97)(H,81,99)(H,82,91)(H,83,92)(H,85,86)(H,87,88)/t35?,36?,37?,40-,41+,42+,43-,44-,45-,46-,47+,48?,52?,53?,54?/m0/s1. The Morgan fingerprint density at radius 1 is 0.660 bits per heavy atom. The predicted octanol–water partition coefficient (Wildman–Crippen LogP) is -1.68. The zero-order chi connectivity index (χ0) is 74.3. The van der Waals surface area contributed by atoms with E-state index < -0.39 is 192 Å². The number of hydrogen-bond donors (Lipinski definition) is 17. The van der Waals surface area contributed by atoms with Crippen LogP contribution in [0.3, 0.4) is 0 Å². The normalized spacial score (nSPS) is 23.1. The number of hydrogen-bond acceptors (Lipinski definition) is 19. The molecule has 7 unspecified atom stereocenters. The molecule has 15 atom stereocenters. The van der Waals surface area contributed by atoms with Crippen molar-refractivity contribution in [2.75, 3.05) is 19.6 Å². The molecule has 0 spiro atoms. The topological polar surface area (TPSA) is 531 Å². The molecule has 0 aliphatic carbocycles. The lowest BCUT2D eigenvalue weighted by atomic mass is 9.96. The number of imidazole rings is 1. The second-order valence-corrected chi connectivity index (χ2v) is 27.2. The van der Waals surface area contributed by atoms with E-state index in [2.05, 4.69) is 73.4 Å². The first-order valence-corrected chi connectivity index (χ1v) is 35.0. The molecule has 1 aromatic carbocycles. The second-order valence-electron chi connectivity index (χ2n) is 25.9. The SMILES string of the molecule is CCC(C)C(N)C1=NCC(C(=O)N[C@@H](CC(C)C)C(=O)N[C@H](CCC(=O)O)C(=O)NC(C(=O)N[C@H]2CCCCNC(=O)[C@H](CC(N)=O)NC(=O)[C@@H](CC(=O)O)NC(=O)[C@H](Cc3cnc[nH]3)NC(=O)[C@H](Cc3ccccc3)NC(=O)C(C(C)CC)NC(=O)[C@@H](CCCN)NC2=O)C(C)CC)S1. The van der Waals surface area contributed by atoms with E-state index in [0.717, 1.165) is 6.42 Å². The number of carboxylic acids is 2. The molecule has 0 radical (unpaired) electrons. The number of aliphatic imine (C=N–C) groups is 1. The quantitative estimate of drug-likeness (QED) is 0.0401. The maximum atomic E-state index is 14.9. The van der Waals surface area contributed by atoms with E-state index in [4.69, 9.17) is 17.2 Å². The maximum absolute atomic E-state index is 14.9. The monoisotopic (exact) mass is 1420 g/mol. The molecule has 0 bridgehead atoms. The smallest absolute Gasteiger partial charge is 0.305 e. The Kier molecular flexibility index (Phi) is 35.1. The highest BCUT2D eigenvalue weighted by Crippen LogP contribution is 2.27. The summed E-state index contributed by atoms with van der Waals surface area (Å²) in [7, 11) is 0. The molecule has 1 aromatic heterocycles. The highest BCUT2D eigenvalue weighted by Gasteiger charge is 2.40. The van der Waals surface area contributed by atoms with E-state index in [9.17, 15) is 77.3 Å². The number of carbonyl (C=O) groups is 14. The van der Waals surface area contributed by atoms with Gasteiger partial charge in [-0.25, -0.2) is 4.98 Å². The molecule has 2 aromatic rings. The van der Waals surface area contributed by atoms with Gasteiger partial charge < -0.3 is 90.9 Å². The molecule has 2 aliphatic rings. The first kappa shape index (κ1) is 83.4. The minimum Gasteiger partial charge on any atom is -0.481 e. The van der Waals surface area contributed by atoms with Crippen molar-refractivity contribution in [3.63, 3.8) is 0 Å². The van der Waals surface area contributed by atoms with Crippen LogP contribution in [0.2, 0.25) is 0 Å². The number of aliphatic carboxylic acids is 2. The van der Waals surface area contributed by atoms with Gasteiger partial charge in [0.1, 0.15) is 65.7 Å². The summed E-state index contributed by atoms with van der Waals surface area (Å²) in [4.78, 5) is 207. The van der Waals surface area contributed by atoms with Gasteiger partial charge >= 0.3 is 11.9 Å². The molecular weight excluding hydrogens is 1320 g/mol. The Labute approximate surface area is 586 Å². The molecule has 34 heteroatoms. The van der Waals surface area contributed by atoms with Crippen LogP contribution in [0.25, 0.3) is 0 Å². The van der Waals surface area contributed by atoms with Crippen molar-refractivity contribution in [3.8, 4) is 0 Å². The second kappa shape index (κ2) is 42.1. The Morgan fingerprint density at radius 2 is 1.26 bits per heavy atom. The first-order valence-electron chi connectivity index (χ1n) is 34.1. The van der Waals surface area contributed by atoms with Gasteiger partial charge in [0.05, 0.1) is 36.8 Å². The fourth-order valence-electron chi connectivity index (χ4n) is 10.9. The Bertz CT molecular complexity index is 3160. The third kappa shape index (κ3) is 27.6. The van der Waals surface area contributed by atoms with Gasteiger partial charge in [0.25, 0.3) is 0 Å². The van der Waals surface area contributed by atoms with Crippen molar-refractivity contribution in [1.82, 2.24) is 68.5 Å². The summed E-state index contributed by atoms with van der Waals surface area (Å²) in [5, 5.41) is 48.4. The number of nitrogens with zero attached hydrogens (tertiary/aromatic N) is 2. The van der Waals surface area contributed by atoms with E-state index in [1.165, 1.54) is 24.3 Å². The van der Waals surface area contributed by atoms with Gasteiger partial charge in [-0.1, -0.05) is 117 Å². The van der Waals surface area contributed by atoms with Crippen molar-refractivity contribution >= 4 is 99.6 Å². The fraction of sp³-hybridized carbons (Fsp3) is 0.636. The van der Waals surface area contributed by atoms with Crippen LogP contribution < -0.4 is 75.7 Å². The highest BCUT2D eigenvalue weighted by atomic mass is 32.2. The van der Waals surface area contributed by atoms with Gasteiger partial charge in [-0.05, 0) is 80.7 Å². The first-order chi connectivity index (χ1) is 47.4. The molecule has 33 nitrogen and oxygen atoms in total. The van der Waals surface area contributed by atoms with Crippen LogP contribution >= 0.6 is 11.8 Å². The Hall–Kier alpha value is -9.05. The van der Waals surface area contributed by atoms with Gasteiger partial charge in [0.15, 0.2) is 0 Å². The molecule has 4 rings (SSSR count). The number of amides is 12. The summed E-state index contributed by atoms with van der Waals surface area (Å²) in [5.41, 5.74) is 18.7. The van der Waals surface area contributed by atoms with E-state index in [0.29, 0.717) is 16.3 Å². The average Bonchev–Trinajstić information content (AvgIpc) is 1.28. The van der Waals surface area contributed by atoms with Crippen LogP contribution in [0.4, 0.5) is 0 Å². The summed E-state index contributed by atoms with van der Waals surface area (Å²) < 4.78 is 0. The third-order valence-corrected chi connectivity index (χ3v) is 18.8. The molecule has 12 amide bonds. The van der Waals surface area contributed by atoms with Crippen molar-refractivity contribution in [2.45, 2.75) is 223 Å². The number of aromatic nitrogens is 2. The van der Waals surface area contributed by atoms with Gasteiger partial charge in [-0.3, -0.25) is 72.1 Å². The predicted molar refractivity (Wildman–Crippen MR) is 369 cm³/mol. The molecule has 20 N–H and O–H groups in total. The zero-order valence-electron chi connectivity index (χ0n) is 58.2. The van der Waals surface area contributed by atoms with Gasteiger partial charge in [0, 0.05) is 37.7 Å². The van der Waals surface area contributed by atoms with Crippen LogP contribution in [-0.2, 0) is 80.0 Å². The summed E-state index contributed by atoms with van der Waals surface area (Å²) in [6.07, 6.45) is 0.386. The van der Waals surface area contributed by atoms with E-state index in [1.807, 2.05) is 27.7 Å². The van der Waals surface area contributed by atoms with Crippen LogP contribution in [0.15, 0.2) is 47.8 Å². The van der Waals surface area contributed by atoms with Crippen LogP contribution in [0.1, 0.15) is 150 Å². The number of H-pyrrole nitrogens is 1. The summed E-state index contributed by atoms with van der Waals surface area (Å²) in [6.45, 7) is 14.2. The van der Waals surface area contributed by atoms with Crippen LogP contribution in [-0.4, -0.2) is 199 Å². The molecule has 1 saturated heterocycles. The highest BCUT2D eigenvalue weighted by molar-refractivity contribution is 8.15. The van der Waals surface area contributed by atoms with Gasteiger partial charge in [-0.15, -0.1) is 0 Å². The number of primary amides is 1. The average molecular weight is 1420 g/mol. The largest absolute Gasteiger partial charge is 0.481 e.